The Balaban J connectivity index is 0.00000338. The number of nitrogens with one attached hydrogen (secondary N) is 2. The number of ether oxygens (including phenoxy) is 3. The van der Waals surface area contributed by atoms with Crippen LogP contribution in [-0.2, 0) is 16.0 Å². The van der Waals surface area contributed by atoms with E-state index < -0.39 is 0 Å². The second-order valence-electron chi connectivity index (χ2n) is 5.89. The first-order valence-corrected chi connectivity index (χ1v) is 9.02. The Bertz CT molecular complexity index is 525. The summed E-state index contributed by atoms with van der Waals surface area (Å²) < 4.78 is 16.3. The van der Waals surface area contributed by atoms with Crippen LogP contribution in [0.2, 0.25) is 0 Å². The van der Waals surface area contributed by atoms with Crippen molar-refractivity contribution in [3.63, 3.8) is 0 Å². The van der Waals surface area contributed by atoms with Gasteiger partial charge in [-0.3, -0.25) is 0 Å². The fourth-order valence-corrected chi connectivity index (χ4v) is 2.54. The molecule has 148 valence electrons. The van der Waals surface area contributed by atoms with Gasteiger partial charge in [-0.25, -0.2) is 9.98 Å². The summed E-state index contributed by atoms with van der Waals surface area (Å²) in [7, 11) is 1.61. The van der Waals surface area contributed by atoms with Crippen molar-refractivity contribution in [3.05, 3.63) is 23.9 Å². The maximum atomic E-state index is 5.67. The van der Waals surface area contributed by atoms with Gasteiger partial charge in [0.1, 0.15) is 0 Å². The van der Waals surface area contributed by atoms with E-state index >= 15 is 0 Å². The van der Waals surface area contributed by atoms with Gasteiger partial charge in [0.05, 0.1) is 26.4 Å². The minimum atomic E-state index is 0. The summed E-state index contributed by atoms with van der Waals surface area (Å²) in [6, 6.07) is 3.83. The van der Waals surface area contributed by atoms with E-state index in [9.17, 15) is 0 Å². The molecule has 0 bridgehead atoms. The van der Waals surface area contributed by atoms with Crippen molar-refractivity contribution >= 4 is 29.9 Å². The SMILES string of the molecule is CCNC(=NCc1ccnc(OC)c1)NCCCOCC1CCCO1.I. The van der Waals surface area contributed by atoms with Crippen molar-refractivity contribution in [1.29, 1.82) is 0 Å². The summed E-state index contributed by atoms with van der Waals surface area (Å²) in [6.07, 6.45) is 5.23. The molecule has 2 N–H and O–H groups in total. The van der Waals surface area contributed by atoms with Gasteiger partial charge in [-0.1, -0.05) is 0 Å². The average Bonchev–Trinajstić information content (AvgIpc) is 3.16. The maximum Gasteiger partial charge on any atom is 0.213 e. The van der Waals surface area contributed by atoms with Crippen LogP contribution >= 0.6 is 24.0 Å². The molecule has 2 heterocycles. The Morgan fingerprint density at radius 2 is 2.31 bits per heavy atom. The highest BCUT2D eigenvalue weighted by atomic mass is 127. The second-order valence-corrected chi connectivity index (χ2v) is 5.89. The first-order valence-electron chi connectivity index (χ1n) is 9.02. The van der Waals surface area contributed by atoms with E-state index in [1.165, 1.54) is 0 Å². The van der Waals surface area contributed by atoms with Crippen LogP contribution < -0.4 is 15.4 Å². The predicted octanol–water partition coefficient (Wildman–Crippen LogP) is 2.35. The third-order valence-corrected chi connectivity index (χ3v) is 3.86. The lowest BCUT2D eigenvalue weighted by molar-refractivity contribution is 0.0168. The number of nitrogens with zero attached hydrogens (tertiary/aromatic N) is 2. The molecule has 2 rings (SSSR count). The topological polar surface area (TPSA) is 77.0 Å². The Hall–Kier alpha value is -1.13. The van der Waals surface area contributed by atoms with Gasteiger partial charge in [-0.15, -0.1) is 24.0 Å². The lowest BCUT2D eigenvalue weighted by Gasteiger charge is -2.12. The molecule has 1 atom stereocenters. The normalized spacial score (nSPS) is 16.8. The van der Waals surface area contributed by atoms with E-state index in [2.05, 4.69) is 27.5 Å². The molecule has 0 radical (unpaired) electrons. The molecule has 1 aliphatic rings. The number of aliphatic imine (C=N–C) groups is 1. The van der Waals surface area contributed by atoms with Crippen molar-refractivity contribution in [1.82, 2.24) is 15.6 Å². The summed E-state index contributed by atoms with van der Waals surface area (Å²) in [4.78, 5) is 8.69. The lowest BCUT2D eigenvalue weighted by Crippen LogP contribution is -2.38. The van der Waals surface area contributed by atoms with Gasteiger partial charge in [0.15, 0.2) is 5.96 Å². The molecule has 1 aromatic rings. The number of methoxy groups -OCH3 is 1. The van der Waals surface area contributed by atoms with Gasteiger partial charge in [0.25, 0.3) is 0 Å². The van der Waals surface area contributed by atoms with Gasteiger partial charge in [0, 0.05) is 38.6 Å². The van der Waals surface area contributed by atoms with Crippen LogP contribution in [0.3, 0.4) is 0 Å². The van der Waals surface area contributed by atoms with Gasteiger partial charge in [-0.2, -0.15) is 0 Å². The van der Waals surface area contributed by atoms with E-state index in [1.807, 2.05) is 12.1 Å². The predicted molar refractivity (Wildman–Crippen MR) is 113 cm³/mol. The van der Waals surface area contributed by atoms with Gasteiger partial charge >= 0.3 is 0 Å². The molecule has 0 amide bonds. The molecule has 1 aliphatic heterocycles. The number of hydrogen-bond acceptors (Lipinski definition) is 5. The average molecular weight is 478 g/mol. The zero-order chi connectivity index (χ0) is 17.7. The fourth-order valence-electron chi connectivity index (χ4n) is 2.54. The largest absolute Gasteiger partial charge is 0.481 e. The summed E-state index contributed by atoms with van der Waals surface area (Å²) in [5, 5.41) is 6.58. The molecule has 0 aromatic carbocycles. The summed E-state index contributed by atoms with van der Waals surface area (Å²) in [6.45, 7) is 6.58. The Labute approximate surface area is 173 Å². The van der Waals surface area contributed by atoms with E-state index in [0.717, 1.165) is 57.1 Å². The van der Waals surface area contributed by atoms with Gasteiger partial charge in [-0.05, 0) is 37.8 Å². The van der Waals surface area contributed by atoms with Crippen LogP contribution in [0.4, 0.5) is 0 Å². The Kier molecular flexibility index (Phi) is 12.3. The number of hydrogen-bond donors (Lipinski definition) is 2. The molecule has 1 fully saturated rings. The van der Waals surface area contributed by atoms with Crippen molar-refractivity contribution in [3.8, 4) is 5.88 Å². The highest BCUT2D eigenvalue weighted by Crippen LogP contribution is 2.12. The van der Waals surface area contributed by atoms with Crippen LogP contribution in [0.5, 0.6) is 5.88 Å². The summed E-state index contributed by atoms with van der Waals surface area (Å²) in [5.41, 5.74) is 1.06. The van der Waals surface area contributed by atoms with Crippen molar-refractivity contribution in [2.45, 2.75) is 38.8 Å². The number of rotatable bonds is 10. The molecule has 1 saturated heterocycles. The van der Waals surface area contributed by atoms with Crippen molar-refractivity contribution in [2.75, 3.05) is 40.0 Å². The quantitative estimate of drug-likeness (QED) is 0.233. The second kappa shape index (κ2) is 14.0. The van der Waals surface area contributed by atoms with Crippen molar-refractivity contribution < 1.29 is 14.2 Å². The van der Waals surface area contributed by atoms with E-state index in [4.69, 9.17) is 14.2 Å². The number of pyridine rings is 1. The van der Waals surface area contributed by atoms with Crippen molar-refractivity contribution in [2.24, 2.45) is 4.99 Å². The van der Waals surface area contributed by atoms with Crippen LogP contribution in [0.1, 0.15) is 31.7 Å². The highest BCUT2D eigenvalue weighted by Gasteiger charge is 2.14. The molecule has 26 heavy (non-hydrogen) atoms. The standard InChI is InChI=1S/C18H30N4O3.HI/c1-3-19-18(22-13-15-7-9-20-17(12-15)23-2)21-8-5-10-24-14-16-6-4-11-25-16;/h7,9,12,16H,3-6,8,10-11,13-14H2,1-2H3,(H2,19,21,22);1H. The van der Waals surface area contributed by atoms with E-state index in [-0.39, 0.29) is 24.0 Å². The minimum absolute atomic E-state index is 0. The monoisotopic (exact) mass is 478 g/mol. The highest BCUT2D eigenvalue weighted by molar-refractivity contribution is 14.0. The smallest absolute Gasteiger partial charge is 0.213 e. The molecule has 1 unspecified atom stereocenters. The summed E-state index contributed by atoms with van der Waals surface area (Å²) >= 11 is 0. The molecule has 8 heteroatoms. The fraction of sp³-hybridized carbons (Fsp3) is 0.667. The van der Waals surface area contributed by atoms with Crippen LogP contribution in [-0.4, -0.2) is 57.1 Å². The first kappa shape index (κ1) is 22.9. The molecule has 0 spiro atoms. The number of guanidine groups is 1. The van der Waals surface area contributed by atoms with E-state index in [1.54, 1.807) is 13.3 Å². The zero-order valence-corrected chi connectivity index (χ0v) is 18.0. The Morgan fingerprint density at radius 3 is 3.04 bits per heavy atom. The molecule has 1 aromatic heterocycles. The third kappa shape index (κ3) is 9.00. The molecule has 0 saturated carbocycles. The zero-order valence-electron chi connectivity index (χ0n) is 15.7. The maximum absolute atomic E-state index is 5.67. The first-order chi connectivity index (χ1) is 12.3. The van der Waals surface area contributed by atoms with Crippen LogP contribution in [0, 0.1) is 0 Å². The number of aromatic nitrogens is 1. The molecular formula is C18H31IN4O3. The van der Waals surface area contributed by atoms with Crippen LogP contribution in [0.25, 0.3) is 0 Å². The lowest BCUT2D eigenvalue weighted by atomic mass is 10.2. The van der Waals surface area contributed by atoms with E-state index in [0.29, 0.717) is 25.1 Å². The summed E-state index contributed by atoms with van der Waals surface area (Å²) in [5.74, 6) is 1.41. The van der Waals surface area contributed by atoms with Gasteiger partial charge < -0.3 is 24.8 Å². The van der Waals surface area contributed by atoms with Gasteiger partial charge in [0.2, 0.25) is 5.88 Å². The Morgan fingerprint density at radius 1 is 1.42 bits per heavy atom. The third-order valence-electron chi connectivity index (χ3n) is 3.86. The molecular weight excluding hydrogens is 447 g/mol. The molecule has 0 aliphatic carbocycles. The van der Waals surface area contributed by atoms with Crippen LogP contribution in [0.15, 0.2) is 23.3 Å². The molecule has 7 nitrogen and oxygen atoms in total. The minimum Gasteiger partial charge on any atom is -0.481 e. The number of halogens is 1.